The molecular weight excluding hydrogens is 453 g/mol. The average Bonchev–Trinajstić information content (AvgIpc) is 3.40. The van der Waals surface area contributed by atoms with Gasteiger partial charge in [-0.15, -0.1) is 11.3 Å². The van der Waals surface area contributed by atoms with Crippen molar-refractivity contribution >= 4 is 29.0 Å². The fraction of sp³-hybridized carbons (Fsp3) is 0.333. The summed E-state index contributed by atoms with van der Waals surface area (Å²) in [4.78, 5) is 17.7. The Labute approximate surface area is 193 Å². The first-order valence-electron chi connectivity index (χ1n) is 10.5. The van der Waals surface area contributed by atoms with E-state index in [4.69, 9.17) is 0 Å². The topological polar surface area (TPSA) is 42.0 Å². The van der Waals surface area contributed by atoms with Crippen LogP contribution in [0.2, 0.25) is 0 Å². The lowest BCUT2D eigenvalue weighted by Gasteiger charge is -2.31. The van der Waals surface area contributed by atoms with E-state index in [2.05, 4.69) is 10.3 Å². The van der Waals surface area contributed by atoms with E-state index in [1.54, 1.807) is 29.3 Å². The monoisotopic (exact) mass is 476 g/mol. The Morgan fingerprint density at radius 3 is 2.25 bits per heavy atom. The largest absolute Gasteiger partial charge is 0.405 e. The highest BCUT2D eigenvalue weighted by molar-refractivity contribution is 8.00. The Morgan fingerprint density at radius 2 is 1.66 bits per heavy atom. The third-order valence-electron chi connectivity index (χ3n) is 5.73. The van der Waals surface area contributed by atoms with Gasteiger partial charge < -0.3 is 5.32 Å². The minimum atomic E-state index is -4.46. The van der Waals surface area contributed by atoms with Crippen molar-refractivity contribution in [2.24, 2.45) is 0 Å². The molecule has 4 rings (SSSR count). The lowest BCUT2D eigenvalue weighted by Crippen LogP contribution is -2.47. The number of rotatable bonds is 9. The van der Waals surface area contributed by atoms with E-state index in [0.717, 1.165) is 51.6 Å². The van der Waals surface area contributed by atoms with Crippen LogP contribution in [0.15, 0.2) is 64.4 Å². The molecule has 0 saturated carbocycles. The Balaban J connectivity index is 1.55. The van der Waals surface area contributed by atoms with Gasteiger partial charge in [0.2, 0.25) is 5.91 Å². The highest BCUT2D eigenvalue weighted by Crippen LogP contribution is 2.51. The van der Waals surface area contributed by atoms with Crippen LogP contribution in [-0.2, 0) is 10.2 Å². The Bertz CT molecular complexity index is 1020. The van der Waals surface area contributed by atoms with Crippen molar-refractivity contribution in [2.45, 2.75) is 41.6 Å². The number of nitrogens with one attached hydrogen (secondary N) is 1. The van der Waals surface area contributed by atoms with Crippen LogP contribution in [0.1, 0.15) is 36.8 Å². The predicted octanol–water partition coefficient (Wildman–Crippen LogP) is 6.44. The van der Waals surface area contributed by atoms with E-state index < -0.39 is 24.0 Å². The van der Waals surface area contributed by atoms with Gasteiger partial charge in [-0.1, -0.05) is 73.1 Å². The van der Waals surface area contributed by atoms with Crippen LogP contribution < -0.4 is 5.32 Å². The second kappa shape index (κ2) is 9.67. The molecule has 168 valence electrons. The Hall–Kier alpha value is -2.32. The third kappa shape index (κ3) is 4.71. The van der Waals surface area contributed by atoms with Crippen molar-refractivity contribution in [3.8, 4) is 11.1 Å². The zero-order valence-corrected chi connectivity index (χ0v) is 19.0. The fourth-order valence-corrected chi connectivity index (χ4v) is 6.10. The maximum Gasteiger partial charge on any atom is 0.405 e. The predicted molar refractivity (Wildman–Crippen MR) is 123 cm³/mol. The first-order valence-corrected chi connectivity index (χ1v) is 12.3. The van der Waals surface area contributed by atoms with Gasteiger partial charge in [-0.05, 0) is 35.1 Å². The highest BCUT2D eigenvalue weighted by atomic mass is 32.2. The molecule has 1 N–H and O–H groups in total. The normalized spacial score (nSPS) is 14.1. The van der Waals surface area contributed by atoms with Crippen LogP contribution >= 0.6 is 23.1 Å². The summed E-state index contributed by atoms with van der Waals surface area (Å²) >= 11 is 3.32. The van der Waals surface area contributed by atoms with Crippen LogP contribution in [-0.4, -0.2) is 29.4 Å². The molecule has 8 heteroatoms. The SMILES string of the molecule is O=C(NCC(F)(F)F)C1(CCCCCSc2nccs2)c2ccccc2-c2ccccc21. The molecule has 0 bridgehead atoms. The summed E-state index contributed by atoms with van der Waals surface area (Å²) in [5.41, 5.74) is 2.31. The van der Waals surface area contributed by atoms with Crippen LogP contribution in [0.5, 0.6) is 0 Å². The van der Waals surface area contributed by atoms with Gasteiger partial charge in [-0.2, -0.15) is 13.2 Å². The molecule has 1 aliphatic carbocycles. The molecule has 32 heavy (non-hydrogen) atoms. The van der Waals surface area contributed by atoms with E-state index in [1.165, 1.54) is 0 Å². The van der Waals surface area contributed by atoms with Gasteiger partial charge in [0.05, 0.1) is 0 Å². The van der Waals surface area contributed by atoms with Gasteiger partial charge in [-0.3, -0.25) is 4.79 Å². The van der Waals surface area contributed by atoms with Gasteiger partial charge >= 0.3 is 6.18 Å². The van der Waals surface area contributed by atoms with Crippen molar-refractivity contribution in [3.05, 3.63) is 71.2 Å². The number of fused-ring (bicyclic) bond motifs is 3. The number of hydrogen-bond donors (Lipinski definition) is 1. The number of benzene rings is 2. The van der Waals surface area contributed by atoms with Crippen LogP contribution in [0.4, 0.5) is 13.2 Å². The fourth-order valence-electron chi connectivity index (χ4n) is 4.39. The van der Waals surface area contributed by atoms with Crippen LogP contribution in [0.25, 0.3) is 11.1 Å². The number of thioether (sulfide) groups is 1. The number of halogens is 3. The smallest absolute Gasteiger partial charge is 0.346 e. The number of nitrogens with zero attached hydrogens (tertiary/aromatic N) is 1. The van der Waals surface area contributed by atoms with E-state index in [1.807, 2.05) is 53.9 Å². The number of unbranched alkanes of at least 4 members (excludes halogenated alkanes) is 2. The highest BCUT2D eigenvalue weighted by Gasteiger charge is 2.49. The molecule has 0 unspecified atom stereocenters. The second-order valence-electron chi connectivity index (χ2n) is 7.75. The van der Waals surface area contributed by atoms with Crippen LogP contribution in [0.3, 0.4) is 0 Å². The molecule has 1 amide bonds. The number of alkyl halides is 3. The summed E-state index contributed by atoms with van der Waals surface area (Å²) in [6, 6.07) is 15.1. The Kier molecular flexibility index (Phi) is 6.90. The molecule has 0 fully saturated rings. The number of aromatic nitrogens is 1. The molecule has 0 spiro atoms. The van der Waals surface area contributed by atoms with Gasteiger partial charge in [0.25, 0.3) is 0 Å². The van der Waals surface area contributed by atoms with Crippen molar-refractivity contribution in [2.75, 3.05) is 12.3 Å². The van der Waals surface area contributed by atoms with Crippen molar-refractivity contribution in [3.63, 3.8) is 0 Å². The van der Waals surface area contributed by atoms with Crippen molar-refractivity contribution < 1.29 is 18.0 Å². The molecule has 2 aromatic carbocycles. The Morgan fingerprint density at radius 1 is 1.00 bits per heavy atom. The zero-order valence-electron chi connectivity index (χ0n) is 17.3. The van der Waals surface area contributed by atoms with Crippen molar-refractivity contribution in [1.29, 1.82) is 0 Å². The summed E-state index contributed by atoms with van der Waals surface area (Å²) < 4.78 is 39.8. The van der Waals surface area contributed by atoms with E-state index >= 15 is 0 Å². The van der Waals surface area contributed by atoms with Crippen molar-refractivity contribution in [1.82, 2.24) is 10.3 Å². The lowest BCUT2D eigenvalue weighted by atomic mass is 9.73. The molecule has 3 aromatic rings. The van der Waals surface area contributed by atoms with Gasteiger partial charge in [-0.25, -0.2) is 4.98 Å². The summed E-state index contributed by atoms with van der Waals surface area (Å²) in [6.45, 7) is -1.33. The lowest BCUT2D eigenvalue weighted by molar-refractivity contribution is -0.141. The quantitative estimate of drug-likeness (QED) is 0.285. The maximum atomic E-state index is 13.4. The molecule has 0 radical (unpaired) electrons. The van der Waals surface area contributed by atoms with E-state index in [0.29, 0.717) is 6.42 Å². The molecule has 0 aliphatic heterocycles. The third-order valence-corrected chi connectivity index (χ3v) is 7.78. The molecular formula is C24H23F3N2OS2. The number of amides is 1. The molecule has 0 atom stereocenters. The van der Waals surface area contributed by atoms with E-state index in [9.17, 15) is 18.0 Å². The maximum absolute atomic E-state index is 13.4. The molecule has 1 heterocycles. The van der Waals surface area contributed by atoms with Gasteiger partial charge in [0.15, 0.2) is 0 Å². The first kappa shape index (κ1) is 22.9. The van der Waals surface area contributed by atoms with Crippen LogP contribution in [0, 0.1) is 0 Å². The molecule has 0 saturated heterocycles. The number of hydrogen-bond acceptors (Lipinski definition) is 4. The summed E-state index contributed by atoms with van der Waals surface area (Å²) in [5.74, 6) is 0.345. The molecule has 1 aliphatic rings. The number of thiazole rings is 1. The number of carbonyl (C=O) groups is 1. The molecule has 3 nitrogen and oxygen atoms in total. The van der Waals surface area contributed by atoms with Gasteiger partial charge in [0.1, 0.15) is 16.3 Å². The van der Waals surface area contributed by atoms with E-state index in [-0.39, 0.29) is 0 Å². The summed E-state index contributed by atoms with van der Waals surface area (Å²) in [7, 11) is 0. The minimum Gasteiger partial charge on any atom is -0.346 e. The first-order chi connectivity index (χ1) is 15.4. The minimum absolute atomic E-state index is 0.465. The second-order valence-corrected chi connectivity index (χ2v) is 9.99. The molecule has 1 aromatic heterocycles. The number of carbonyl (C=O) groups excluding carboxylic acids is 1. The average molecular weight is 477 g/mol. The zero-order chi connectivity index (χ0) is 22.6. The summed E-state index contributed by atoms with van der Waals surface area (Å²) in [5, 5.41) is 4.13. The van der Waals surface area contributed by atoms with Gasteiger partial charge in [0, 0.05) is 17.3 Å². The standard InChI is InChI=1S/C24H23F3N2OS2/c25-24(26,27)16-29-21(30)23(12-6-1-7-14-31-22-28-13-15-32-22)19-10-4-2-8-17(19)18-9-3-5-11-20(18)23/h2-5,8-11,13,15H,1,6-7,12,14,16H2,(H,29,30). The summed E-state index contributed by atoms with van der Waals surface area (Å²) in [6.07, 6.45) is 0.366.